The Kier molecular flexibility index (Phi) is 6.16. The maximum atomic E-state index is 12.2. The topological polar surface area (TPSA) is 53.3 Å². The predicted molar refractivity (Wildman–Crippen MR) is 102 cm³/mol. The van der Waals surface area contributed by atoms with E-state index >= 15 is 0 Å². The summed E-state index contributed by atoms with van der Waals surface area (Å²) in [6.45, 7) is 13.8. The van der Waals surface area contributed by atoms with Crippen molar-refractivity contribution in [1.82, 2.24) is 4.90 Å². The first kappa shape index (κ1) is 19.8. The number of rotatable bonds is 3. The molecule has 2 heterocycles. The molecule has 1 fully saturated rings. The van der Waals surface area contributed by atoms with Crippen LogP contribution in [0.2, 0.25) is 0 Å². The van der Waals surface area contributed by atoms with Crippen molar-refractivity contribution < 1.29 is 9.53 Å². The van der Waals surface area contributed by atoms with Gasteiger partial charge >= 0.3 is 6.09 Å². The second-order valence-electron chi connectivity index (χ2n) is 8.07. The number of thiophene rings is 1. The lowest BCUT2D eigenvalue weighted by Gasteiger charge is -2.35. The van der Waals surface area contributed by atoms with Crippen molar-refractivity contribution in [3.8, 4) is 6.07 Å². The molecule has 2 rings (SSSR count). The summed E-state index contributed by atoms with van der Waals surface area (Å²) in [5.74, 6) is 1.04. The Hall–Kier alpha value is -1.54. The van der Waals surface area contributed by atoms with Crippen molar-refractivity contribution in [2.75, 3.05) is 13.1 Å². The molecule has 0 radical (unpaired) electrons. The molecule has 0 unspecified atom stereocenters. The highest BCUT2D eigenvalue weighted by Gasteiger charge is 2.31. The standard InChI is InChI=1S/C20H30N2O2S/c1-13-14(2)18(25-17(13)7-10-21)15(3)16-8-11-22(12-9-16)19(23)24-20(4,5)6/h15-16H,7-9,11-12H2,1-6H3/t15-/m1/s1. The van der Waals surface area contributed by atoms with Gasteiger partial charge in [0.15, 0.2) is 0 Å². The highest BCUT2D eigenvalue weighted by atomic mass is 32.1. The zero-order chi connectivity index (χ0) is 18.8. The molecule has 1 amide bonds. The lowest BCUT2D eigenvalue weighted by Crippen LogP contribution is -2.42. The molecule has 138 valence electrons. The minimum Gasteiger partial charge on any atom is -0.444 e. The second kappa shape index (κ2) is 7.78. The summed E-state index contributed by atoms with van der Waals surface area (Å²) in [6, 6.07) is 2.27. The fourth-order valence-electron chi connectivity index (χ4n) is 3.48. The largest absolute Gasteiger partial charge is 0.444 e. The highest BCUT2D eigenvalue weighted by Crippen LogP contribution is 2.40. The maximum absolute atomic E-state index is 12.2. The number of amides is 1. The van der Waals surface area contributed by atoms with Crippen LogP contribution in [0.25, 0.3) is 0 Å². The lowest BCUT2D eigenvalue weighted by molar-refractivity contribution is 0.0176. The normalized spacial score (nSPS) is 17.2. The van der Waals surface area contributed by atoms with Crippen molar-refractivity contribution in [1.29, 1.82) is 5.26 Å². The summed E-state index contributed by atoms with van der Waals surface area (Å²) in [7, 11) is 0. The molecule has 1 aromatic rings. The SMILES string of the molecule is Cc1c(CC#N)sc([C@H](C)C2CCN(C(=O)OC(C)(C)C)CC2)c1C. The van der Waals surface area contributed by atoms with Gasteiger partial charge in [0.2, 0.25) is 0 Å². The molecule has 0 N–H and O–H groups in total. The molecule has 5 heteroatoms. The molecule has 25 heavy (non-hydrogen) atoms. The molecule has 4 nitrogen and oxygen atoms in total. The first-order valence-electron chi connectivity index (χ1n) is 9.07. The van der Waals surface area contributed by atoms with Gasteiger partial charge in [0.1, 0.15) is 5.60 Å². The van der Waals surface area contributed by atoms with Gasteiger partial charge in [-0.1, -0.05) is 6.92 Å². The van der Waals surface area contributed by atoms with Crippen LogP contribution in [0.3, 0.4) is 0 Å². The third-order valence-corrected chi connectivity index (χ3v) is 6.73. The number of likely N-dealkylation sites (tertiary alicyclic amines) is 1. The fourth-order valence-corrected chi connectivity index (χ4v) is 4.87. The van der Waals surface area contributed by atoms with Crippen LogP contribution in [0.5, 0.6) is 0 Å². The van der Waals surface area contributed by atoms with Crippen LogP contribution in [-0.2, 0) is 11.2 Å². The minimum atomic E-state index is -0.441. The van der Waals surface area contributed by atoms with E-state index in [4.69, 9.17) is 10.00 Å². The number of hydrogen-bond acceptors (Lipinski definition) is 4. The van der Waals surface area contributed by atoms with E-state index in [9.17, 15) is 4.79 Å². The van der Waals surface area contributed by atoms with Crippen LogP contribution < -0.4 is 0 Å². The Morgan fingerprint density at radius 1 is 1.32 bits per heavy atom. The van der Waals surface area contributed by atoms with Gasteiger partial charge in [0.25, 0.3) is 0 Å². The average molecular weight is 363 g/mol. The van der Waals surface area contributed by atoms with Crippen LogP contribution in [0.1, 0.15) is 67.3 Å². The van der Waals surface area contributed by atoms with Gasteiger partial charge in [-0.15, -0.1) is 11.3 Å². The van der Waals surface area contributed by atoms with Gasteiger partial charge < -0.3 is 9.64 Å². The Balaban J connectivity index is 2.00. The minimum absolute atomic E-state index is 0.196. The van der Waals surface area contributed by atoms with Gasteiger partial charge in [0.05, 0.1) is 12.5 Å². The number of nitriles is 1. The van der Waals surface area contributed by atoms with Crippen molar-refractivity contribution in [3.63, 3.8) is 0 Å². The third-order valence-electron chi connectivity index (χ3n) is 5.14. The van der Waals surface area contributed by atoms with E-state index < -0.39 is 5.60 Å². The maximum Gasteiger partial charge on any atom is 0.410 e. The zero-order valence-electron chi connectivity index (χ0n) is 16.3. The monoisotopic (exact) mass is 362 g/mol. The summed E-state index contributed by atoms with van der Waals surface area (Å²) < 4.78 is 5.48. The predicted octanol–water partition coefficient (Wildman–Crippen LogP) is 5.18. The van der Waals surface area contributed by atoms with Crippen LogP contribution in [-0.4, -0.2) is 29.7 Å². The molecule has 1 saturated heterocycles. The molecule has 0 bridgehead atoms. The van der Waals surface area contributed by atoms with Crippen molar-refractivity contribution in [2.24, 2.45) is 5.92 Å². The summed E-state index contributed by atoms with van der Waals surface area (Å²) in [4.78, 5) is 16.7. The lowest BCUT2D eigenvalue weighted by atomic mass is 9.83. The Bertz CT molecular complexity index is 658. The molecule has 0 spiro atoms. The van der Waals surface area contributed by atoms with E-state index in [1.165, 1.54) is 20.9 Å². The number of ether oxygens (including phenoxy) is 1. The Morgan fingerprint density at radius 2 is 1.92 bits per heavy atom. The number of carbonyl (C=O) groups is 1. The third kappa shape index (κ3) is 4.76. The van der Waals surface area contributed by atoms with Crippen LogP contribution >= 0.6 is 11.3 Å². The summed E-state index contributed by atoms with van der Waals surface area (Å²) in [6.07, 6.45) is 2.31. The number of hydrogen-bond donors (Lipinski definition) is 0. The number of carbonyl (C=O) groups excluding carboxylic acids is 1. The van der Waals surface area contributed by atoms with E-state index in [0.29, 0.717) is 18.3 Å². The molecule has 1 aromatic heterocycles. The Morgan fingerprint density at radius 3 is 2.44 bits per heavy atom. The van der Waals surface area contributed by atoms with Crippen LogP contribution in [0.15, 0.2) is 0 Å². The first-order chi connectivity index (χ1) is 11.6. The molecule has 1 atom stereocenters. The quantitative estimate of drug-likeness (QED) is 0.744. The van der Waals surface area contributed by atoms with E-state index in [1.807, 2.05) is 25.7 Å². The van der Waals surface area contributed by atoms with Crippen LogP contribution in [0.4, 0.5) is 4.79 Å². The van der Waals surface area contributed by atoms with Gasteiger partial charge in [0, 0.05) is 22.8 Å². The molecule has 0 saturated carbocycles. The average Bonchev–Trinajstić information content (AvgIpc) is 2.82. The van der Waals surface area contributed by atoms with E-state index in [-0.39, 0.29) is 6.09 Å². The molecular weight excluding hydrogens is 332 g/mol. The van der Waals surface area contributed by atoms with E-state index in [0.717, 1.165) is 25.9 Å². The summed E-state index contributed by atoms with van der Waals surface area (Å²) in [5, 5.41) is 9.00. The van der Waals surface area contributed by atoms with Crippen molar-refractivity contribution in [3.05, 3.63) is 20.9 Å². The van der Waals surface area contributed by atoms with Crippen molar-refractivity contribution >= 4 is 17.4 Å². The fraction of sp³-hybridized carbons (Fsp3) is 0.700. The summed E-state index contributed by atoms with van der Waals surface area (Å²) >= 11 is 1.80. The van der Waals surface area contributed by atoms with Crippen molar-refractivity contribution in [2.45, 2.75) is 72.3 Å². The van der Waals surface area contributed by atoms with Gasteiger partial charge in [-0.2, -0.15) is 5.26 Å². The van der Waals surface area contributed by atoms with Gasteiger partial charge in [-0.05, 0) is 70.4 Å². The molecule has 1 aliphatic heterocycles. The molecule has 1 aliphatic rings. The van der Waals surface area contributed by atoms with E-state index in [2.05, 4.69) is 26.8 Å². The van der Waals surface area contributed by atoms with Crippen LogP contribution in [0, 0.1) is 31.1 Å². The second-order valence-corrected chi connectivity index (χ2v) is 9.20. The summed E-state index contributed by atoms with van der Waals surface area (Å²) in [5.41, 5.74) is 2.18. The Labute approximate surface area is 155 Å². The molecule has 0 aliphatic carbocycles. The highest BCUT2D eigenvalue weighted by molar-refractivity contribution is 7.12. The molecule has 0 aromatic carbocycles. The van der Waals surface area contributed by atoms with E-state index in [1.54, 1.807) is 11.3 Å². The number of nitrogens with zero attached hydrogens (tertiary/aromatic N) is 2. The van der Waals surface area contributed by atoms with Gasteiger partial charge in [-0.3, -0.25) is 0 Å². The smallest absolute Gasteiger partial charge is 0.410 e. The first-order valence-corrected chi connectivity index (χ1v) is 9.89. The molecular formula is C20H30N2O2S. The number of piperidine rings is 1. The zero-order valence-corrected chi connectivity index (χ0v) is 17.1. The van der Waals surface area contributed by atoms with Gasteiger partial charge in [-0.25, -0.2) is 4.79 Å².